The molecule has 190 valence electrons. The Balaban J connectivity index is 1.47. The zero-order valence-electron chi connectivity index (χ0n) is 19.6. The van der Waals surface area contributed by atoms with Crippen LogP contribution in [0.3, 0.4) is 0 Å². The number of rotatable bonds is 7. The molecule has 3 aromatic rings. The molecular weight excluding hydrogens is 557 g/mol. The van der Waals surface area contributed by atoms with Gasteiger partial charge in [-0.1, -0.05) is 58.6 Å². The molecular formula is C26H20Cl3N3O4S. The van der Waals surface area contributed by atoms with E-state index in [4.69, 9.17) is 44.3 Å². The predicted octanol–water partition coefficient (Wildman–Crippen LogP) is 6.87. The minimum absolute atomic E-state index is 0.215. The van der Waals surface area contributed by atoms with Crippen molar-refractivity contribution in [1.82, 2.24) is 5.32 Å². The van der Waals surface area contributed by atoms with Gasteiger partial charge in [0.15, 0.2) is 23.3 Å². The third-order valence-corrected chi connectivity index (χ3v) is 7.04. The van der Waals surface area contributed by atoms with Crippen molar-refractivity contribution < 1.29 is 19.1 Å². The minimum atomic E-state index is -0.348. The zero-order valence-corrected chi connectivity index (χ0v) is 22.7. The molecule has 0 bridgehead atoms. The summed E-state index contributed by atoms with van der Waals surface area (Å²) in [6, 6.07) is 15.7. The Bertz CT molecular complexity index is 1430. The van der Waals surface area contributed by atoms with E-state index in [1.54, 1.807) is 48.5 Å². The topological polar surface area (TPSA) is 89.0 Å². The number of benzene rings is 3. The normalized spacial score (nSPS) is 15.1. The number of hydrogen-bond donors (Lipinski definition) is 2. The van der Waals surface area contributed by atoms with Gasteiger partial charge in [0.2, 0.25) is 0 Å². The maximum absolute atomic E-state index is 12.5. The average Bonchev–Trinajstić information content (AvgIpc) is 3.20. The molecule has 11 heteroatoms. The van der Waals surface area contributed by atoms with Gasteiger partial charge in [0, 0.05) is 5.69 Å². The SMILES string of the molecule is COc1cc(/C=C2/SC(=Nc3cccc(Cl)c3Cl)NC2=O)cc(Cl)c1OCC(=O)Nc1ccc(C)cc1. The van der Waals surface area contributed by atoms with Crippen LogP contribution in [0.4, 0.5) is 11.4 Å². The Morgan fingerprint density at radius 3 is 2.59 bits per heavy atom. The van der Waals surface area contributed by atoms with E-state index in [0.29, 0.717) is 42.8 Å². The molecule has 1 heterocycles. The fourth-order valence-corrected chi connectivity index (χ4v) is 4.70. The van der Waals surface area contributed by atoms with Crippen LogP contribution in [0.1, 0.15) is 11.1 Å². The Labute approximate surface area is 232 Å². The molecule has 1 aliphatic rings. The summed E-state index contributed by atoms with van der Waals surface area (Å²) in [6.45, 7) is 1.69. The van der Waals surface area contributed by atoms with Crippen LogP contribution in [-0.2, 0) is 9.59 Å². The monoisotopic (exact) mass is 575 g/mol. The van der Waals surface area contributed by atoms with Crippen molar-refractivity contribution in [1.29, 1.82) is 0 Å². The fourth-order valence-electron chi connectivity index (χ4n) is 3.25. The van der Waals surface area contributed by atoms with Crippen molar-refractivity contribution in [2.75, 3.05) is 19.0 Å². The third-order valence-electron chi connectivity index (χ3n) is 5.04. The second kappa shape index (κ2) is 11.9. The maximum Gasteiger partial charge on any atom is 0.264 e. The van der Waals surface area contributed by atoms with Crippen LogP contribution in [-0.4, -0.2) is 30.7 Å². The van der Waals surface area contributed by atoms with Crippen molar-refractivity contribution >= 4 is 81.0 Å². The molecule has 0 radical (unpaired) electrons. The van der Waals surface area contributed by atoms with Crippen molar-refractivity contribution in [2.24, 2.45) is 4.99 Å². The number of nitrogens with one attached hydrogen (secondary N) is 2. The summed E-state index contributed by atoms with van der Waals surface area (Å²) in [4.78, 5) is 29.6. The smallest absolute Gasteiger partial charge is 0.264 e. The van der Waals surface area contributed by atoms with E-state index in [0.717, 1.165) is 17.3 Å². The second-order valence-corrected chi connectivity index (χ2v) is 10.0. The lowest BCUT2D eigenvalue weighted by Gasteiger charge is -2.13. The molecule has 1 aliphatic heterocycles. The van der Waals surface area contributed by atoms with Gasteiger partial charge >= 0.3 is 0 Å². The number of hydrogen-bond acceptors (Lipinski definition) is 6. The van der Waals surface area contributed by atoms with Gasteiger partial charge in [-0.2, -0.15) is 0 Å². The number of ether oxygens (including phenoxy) is 2. The standard InChI is InChI=1S/C26H20Cl3N3O4S/c1-14-6-8-16(9-7-14)30-22(33)13-36-24-18(28)10-15(11-20(24)35-2)12-21-25(34)32-26(37-21)31-19-5-3-4-17(27)23(19)29/h3-12H,13H2,1-2H3,(H,30,33)(H,31,32,34)/b21-12+. The molecule has 3 aromatic carbocycles. The van der Waals surface area contributed by atoms with Gasteiger partial charge in [0.25, 0.3) is 11.8 Å². The van der Waals surface area contributed by atoms with Gasteiger partial charge in [0.1, 0.15) is 0 Å². The summed E-state index contributed by atoms with van der Waals surface area (Å²) < 4.78 is 11.1. The first kappa shape index (κ1) is 26.9. The van der Waals surface area contributed by atoms with Crippen LogP contribution in [0.2, 0.25) is 15.1 Å². The maximum atomic E-state index is 12.5. The molecule has 7 nitrogen and oxygen atoms in total. The highest BCUT2D eigenvalue weighted by atomic mass is 35.5. The molecule has 2 N–H and O–H groups in total. The van der Waals surface area contributed by atoms with E-state index < -0.39 is 0 Å². The first-order valence-electron chi connectivity index (χ1n) is 10.8. The third kappa shape index (κ3) is 6.78. The van der Waals surface area contributed by atoms with Crippen LogP contribution in [0.15, 0.2) is 64.5 Å². The van der Waals surface area contributed by atoms with Crippen molar-refractivity contribution in [3.05, 3.63) is 85.7 Å². The minimum Gasteiger partial charge on any atom is -0.493 e. The van der Waals surface area contributed by atoms with Gasteiger partial charge in [-0.15, -0.1) is 0 Å². The number of amides is 2. The van der Waals surface area contributed by atoms with E-state index in [2.05, 4.69) is 15.6 Å². The number of thioether (sulfide) groups is 1. The highest BCUT2D eigenvalue weighted by Crippen LogP contribution is 2.39. The van der Waals surface area contributed by atoms with E-state index >= 15 is 0 Å². The van der Waals surface area contributed by atoms with E-state index in [1.165, 1.54) is 7.11 Å². The molecule has 0 aromatic heterocycles. The molecule has 2 amide bonds. The summed E-state index contributed by atoms with van der Waals surface area (Å²) in [5.41, 5.74) is 2.78. The first-order chi connectivity index (χ1) is 17.7. The second-order valence-electron chi connectivity index (χ2n) is 7.79. The number of methoxy groups -OCH3 is 1. The Morgan fingerprint density at radius 2 is 1.86 bits per heavy atom. The summed E-state index contributed by atoms with van der Waals surface area (Å²) in [6.07, 6.45) is 1.64. The summed E-state index contributed by atoms with van der Waals surface area (Å²) in [7, 11) is 1.46. The lowest BCUT2D eigenvalue weighted by Crippen LogP contribution is -2.20. The van der Waals surface area contributed by atoms with Crippen molar-refractivity contribution in [2.45, 2.75) is 6.92 Å². The van der Waals surface area contributed by atoms with Gasteiger partial charge in [0.05, 0.1) is 32.8 Å². The predicted molar refractivity (Wildman–Crippen MR) is 151 cm³/mol. The summed E-state index contributed by atoms with van der Waals surface area (Å²) >= 11 is 19.8. The lowest BCUT2D eigenvalue weighted by molar-refractivity contribution is -0.118. The molecule has 0 saturated carbocycles. The number of aryl methyl sites for hydroxylation is 1. The van der Waals surface area contributed by atoms with Gasteiger partial charge in [-0.05, 0) is 66.7 Å². The number of carbonyl (C=O) groups excluding carboxylic acids is 2. The molecule has 4 rings (SSSR count). The molecule has 1 saturated heterocycles. The van der Waals surface area contributed by atoms with Crippen LogP contribution in [0.5, 0.6) is 11.5 Å². The number of anilines is 1. The Morgan fingerprint density at radius 1 is 1.11 bits per heavy atom. The number of carbonyl (C=O) groups is 2. The Kier molecular flexibility index (Phi) is 8.66. The number of aliphatic imine (C=N–C) groups is 1. The highest BCUT2D eigenvalue weighted by molar-refractivity contribution is 8.18. The quantitative estimate of drug-likeness (QED) is 0.300. The Hall–Kier alpha value is -3.17. The van der Waals surface area contributed by atoms with Gasteiger partial charge < -0.3 is 20.1 Å². The lowest BCUT2D eigenvalue weighted by atomic mass is 10.2. The van der Waals surface area contributed by atoms with Crippen molar-refractivity contribution in [3.63, 3.8) is 0 Å². The highest BCUT2D eigenvalue weighted by Gasteiger charge is 2.25. The van der Waals surface area contributed by atoms with E-state index in [-0.39, 0.29) is 29.2 Å². The number of amidine groups is 1. The van der Waals surface area contributed by atoms with Crippen LogP contribution >= 0.6 is 46.6 Å². The van der Waals surface area contributed by atoms with Gasteiger partial charge in [-0.3, -0.25) is 9.59 Å². The zero-order chi connectivity index (χ0) is 26.5. The molecule has 0 spiro atoms. The molecule has 37 heavy (non-hydrogen) atoms. The molecule has 0 unspecified atom stereocenters. The van der Waals surface area contributed by atoms with E-state index in [9.17, 15) is 9.59 Å². The largest absolute Gasteiger partial charge is 0.493 e. The molecule has 0 atom stereocenters. The van der Waals surface area contributed by atoms with Crippen LogP contribution in [0, 0.1) is 6.92 Å². The molecule has 0 aliphatic carbocycles. The average molecular weight is 577 g/mol. The number of halogens is 3. The summed E-state index contributed by atoms with van der Waals surface area (Å²) in [5, 5.41) is 6.70. The molecule has 1 fully saturated rings. The van der Waals surface area contributed by atoms with Gasteiger partial charge in [-0.25, -0.2) is 4.99 Å². The van der Waals surface area contributed by atoms with Crippen LogP contribution < -0.4 is 20.1 Å². The number of nitrogens with zero attached hydrogens (tertiary/aromatic N) is 1. The fraction of sp³-hybridized carbons (Fsp3) is 0.115. The van der Waals surface area contributed by atoms with E-state index in [1.807, 2.05) is 19.1 Å². The van der Waals surface area contributed by atoms with Crippen molar-refractivity contribution in [3.8, 4) is 11.5 Å². The van der Waals surface area contributed by atoms with Crippen LogP contribution in [0.25, 0.3) is 6.08 Å². The first-order valence-corrected chi connectivity index (χ1v) is 12.8. The summed E-state index contributed by atoms with van der Waals surface area (Å²) in [5.74, 6) is -0.152.